The number of benzene rings is 2. The first-order valence-corrected chi connectivity index (χ1v) is 7.64. The van der Waals surface area contributed by atoms with Crippen LogP contribution < -0.4 is 5.43 Å². The molecule has 0 bridgehead atoms. The zero-order chi connectivity index (χ0) is 17.9. The lowest BCUT2D eigenvalue weighted by Crippen LogP contribution is -2.14. The molecule has 0 amide bonds. The highest BCUT2D eigenvalue weighted by Crippen LogP contribution is 2.37. The Morgan fingerprint density at radius 1 is 1.20 bits per heavy atom. The van der Waals surface area contributed by atoms with Crippen molar-refractivity contribution < 1.29 is 13.9 Å². The van der Waals surface area contributed by atoms with Crippen molar-refractivity contribution in [2.75, 3.05) is 0 Å². The topological polar surface area (TPSA) is 81.8 Å². The van der Waals surface area contributed by atoms with Gasteiger partial charge in [-0.2, -0.15) is 0 Å². The normalized spacial score (nSPS) is 11.5. The maximum Gasteiger partial charge on any atom is 0.220 e. The summed E-state index contributed by atoms with van der Waals surface area (Å²) in [7, 11) is 0. The summed E-state index contributed by atoms with van der Waals surface area (Å²) < 4.78 is 29.6. The van der Waals surface area contributed by atoms with Gasteiger partial charge in [0.15, 0.2) is 11.5 Å². The SMILES string of the molecule is Cc1c(F)c2c(-c3ccc(O)c(Cl)c3)nc3[nH][nH]cc3c2c(F)c1=O. The van der Waals surface area contributed by atoms with E-state index in [1.54, 1.807) is 0 Å². The fourth-order valence-corrected chi connectivity index (χ4v) is 3.06. The Morgan fingerprint density at radius 2 is 1.96 bits per heavy atom. The molecule has 2 aromatic carbocycles. The largest absolute Gasteiger partial charge is 0.506 e. The summed E-state index contributed by atoms with van der Waals surface area (Å²) in [5, 5.41) is 15.0. The summed E-state index contributed by atoms with van der Waals surface area (Å²) in [4.78, 5) is 16.3. The molecule has 0 fully saturated rings. The number of phenolic OH excluding ortho intramolecular Hbond substituents is 1. The lowest BCUT2D eigenvalue weighted by Gasteiger charge is -2.11. The number of phenols is 1. The Labute approximate surface area is 143 Å². The van der Waals surface area contributed by atoms with Crippen LogP contribution in [-0.4, -0.2) is 20.3 Å². The highest BCUT2D eigenvalue weighted by molar-refractivity contribution is 6.32. The summed E-state index contributed by atoms with van der Waals surface area (Å²) in [5.41, 5.74) is -0.571. The average Bonchev–Trinajstić information content (AvgIpc) is 3.07. The Balaban J connectivity index is 2.27. The van der Waals surface area contributed by atoms with Crippen molar-refractivity contribution >= 4 is 33.4 Å². The van der Waals surface area contributed by atoms with Gasteiger partial charge in [-0.1, -0.05) is 11.6 Å². The molecule has 2 aromatic heterocycles. The number of halogens is 3. The molecule has 25 heavy (non-hydrogen) atoms. The predicted octanol–water partition coefficient (Wildman–Crippen LogP) is 4.02. The van der Waals surface area contributed by atoms with Gasteiger partial charge >= 0.3 is 0 Å². The van der Waals surface area contributed by atoms with Crippen LogP contribution in [0.25, 0.3) is 33.1 Å². The number of aromatic nitrogens is 3. The molecule has 0 spiro atoms. The van der Waals surface area contributed by atoms with Crippen molar-refractivity contribution in [2.24, 2.45) is 0 Å². The number of aromatic amines is 2. The van der Waals surface area contributed by atoms with Crippen LogP contribution in [0.3, 0.4) is 0 Å². The molecule has 0 saturated carbocycles. The molecule has 5 nitrogen and oxygen atoms in total. The molecule has 126 valence electrons. The molecule has 8 heteroatoms. The van der Waals surface area contributed by atoms with Crippen molar-refractivity contribution in [3.63, 3.8) is 0 Å². The summed E-state index contributed by atoms with van der Waals surface area (Å²) in [5.74, 6) is -2.02. The standard InChI is InChI=1S/C17H10ClF2N3O2/c1-6-13(19)12-11(14(20)16(6)25)8-5-21-23-17(8)22-15(12)7-2-3-10(24)9(18)4-7/h2-5,24H,1H3,(H2,21,22,23). The number of aromatic hydroxyl groups is 1. The van der Waals surface area contributed by atoms with Gasteiger partial charge in [0, 0.05) is 33.5 Å². The minimum Gasteiger partial charge on any atom is -0.506 e. The summed E-state index contributed by atoms with van der Waals surface area (Å²) in [6.07, 6.45) is 1.41. The Hall–Kier alpha value is -2.93. The summed E-state index contributed by atoms with van der Waals surface area (Å²) in [6.45, 7) is 1.22. The van der Waals surface area contributed by atoms with Crippen LogP contribution >= 0.6 is 11.6 Å². The molecule has 0 radical (unpaired) electrons. The van der Waals surface area contributed by atoms with Gasteiger partial charge < -0.3 is 10.2 Å². The second-order valence-electron chi connectivity index (χ2n) is 5.63. The van der Waals surface area contributed by atoms with E-state index in [4.69, 9.17) is 11.6 Å². The number of H-pyrrole nitrogens is 2. The lowest BCUT2D eigenvalue weighted by molar-refractivity contribution is 0.475. The van der Waals surface area contributed by atoms with Crippen molar-refractivity contribution in [1.82, 2.24) is 15.2 Å². The number of pyridine rings is 1. The second-order valence-corrected chi connectivity index (χ2v) is 6.04. The molecule has 0 aliphatic heterocycles. The quantitative estimate of drug-likeness (QED) is 0.479. The third-order valence-electron chi connectivity index (χ3n) is 4.17. The first-order chi connectivity index (χ1) is 11.9. The fourth-order valence-electron chi connectivity index (χ4n) is 2.88. The number of nitrogens with zero attached hydrogens (tertiary/aromatic N) is 1. The zero-order valence-electron chi connectivity index (χ0n) is 12.7. The van der Waals surface area contributed by atoms with Gasteiger partial charge in [-0.15, -0.1) is 0 Å². The Bertz CT molecular complexity index is 1230. The van der Waals surface area contributed by atoms with E-state index in [0.717, 1.165) is 0 Å². The molecule has 0 aliphatic carbocycles. The number of fused-ring (bicyclic) bond motifs is 3. The van der Waals surface area contributed by atoms with Crippen LogP contribution in [-0.2, 0) is 0 Å². The smallest absolute Gasteiger partial charge is 0.220 e. The summed E-state index contributed by atoms with van der Waals surface area (Å²) >= 11 is 5.93. The van der Waals surface area contributed by atoms with Gasteiger partial charge in [0.2, 0.25) is 5.43 Å². The third-order valence-corrected chi connectivity index (χ3v) is 4.47. The maximum absolute atomic E-state index is 14.9. The highest BCUT2D eigenvalue weighted by Gasteiger charge is 2.23. The molecule has 4 aromatic rings. The van der Waals surface area contributed by atoms with E-state index < -0.39 is 17.1 Å². The van der Waals surface area contributed by atoms with Gasteiger partial charge in [0.1, 0.15) is 11.6 Å². The van der Waals surface area contributed by atoms with Crippen molar-refractivity contribution in [2.45, 2.75) is 6.92 Å². The highest BCUT2D eigenvalue weighted by atomic mass is 35.5. The van der Waals surface area contributed by atoms with E-state index in [9.17, 15) is 18.7 Å². The Kier molecular flexibility index (Phi) is 3.30. The molecule has 0 atom stereocenters. The fraction of sp³-hybridized carbons (Fsp3) is 0.0588. The number of hydrogen-bond donors (Lipinski definition) is 3. The lowest BCUT2D eigenvalue weighted by atomic mass is 9.98. The van der Waals surface area contributed by atoms with Crippen LogP contribution in [0, 0.1) is 18.6 Å². The van der Waals surface area contributed by atoms with Crippen molar-refractivity contribution in [3.05, 3.63) is 56.8 Å². The van der Waals surface area contributed by atoms with E-state index in [0.29, 0.717) is 5.56 Å². The van der Waals surface area contributed by atoms with Gasteiger partial charge in [-0.3, -0.25) is 9.89 Å². The summed E-state index contributed by atoms with van der Waals surface area (Å²) in [6, 6.07) is 4.22. The minimum atomic E-state index is -1.04. The molecule has 2 heterocycles. The van der Waals surface area contributed by atoms with Crippen LogP contribution in [0.2, 0.25) is 5.02 Å². The Morgan fingerprint density at radius 3 is 2.68 bits per heavy atom. The van der Waals surface area contributed by atoms with E-state index in [2.05, 4.69) is 15.2 Å². The number of nitrogens with one attached hydrogen (secondary N) is 2. The van der Waals surface area contributed by atoms with E-state index in [1.165, 1.54) is 31.3 Å². The van der Waals surface area contributed by atoms with E-state index in [-0.39, 0.29) is 43.8 Å². The maximum atomic E-state index is 14.9. The molecule has 0 aliphatic rings. The van der Waals surface area contributed by atoms with Gasteiger partial charge in [-0.05, 0) is 25.1 Å². The number of hydrogen-bond acceptors (Lipinski definition) is 3. The monoisotopic (exact) mass is 361 g/mol. The van der Waals surface area contributed by atoms with Crippen LogP contribution in [0.4, 0.5) is 8.78 Å². The van der Waals surface area contributed by atoms with E-state index >= 15 is 0 Å². The first-order valence-electron chi connectivity index (χ1n) is 7.26. The molecule has 3 N–H and O–H groups in total. The predicted molar refractivity (Wildman–Crippen MR) is 91.0 cm³/mol. The average molecular weight is 362 g/mol. The first kappa shape index (κ1) is 15.6. The molecule has 0 saturated heterocycles. The van der Waals surface area contributed by atoms with Crippen molar-refractivity contribution in [1.29, 1.82) is 0 Å². The van der Waals surface area contributed by atoms with Crippen molar-refractivity contribution in [3.8, 4) is 17.0 Å². The van der Waals surface area contributed by atoms with E-state index in [1.807, 2.05) is 0 Å². The van der Waals surface area contributed by atoms with Crippen LogP contribution in [0.5, 0.6) is 5.75 Å². The van der Waals surface area contributed by atoms with Gasteiger partial charge in [-0.25, -0.2) is 13.8 Å². The molecular weight excluding hydrogens is 352 g/mol. The van der Waals surface area contributed by atoms with Gasteiger partial charge in [0.05, 0.1) is 10.7 Å². The van der Waals surface area contributed by atoms with Crippen LogP contribution in [0.15, 0.2) is 29.2 Å². The minimum absolute atomic E-state index is 0.0450. The second kappa shape index (κ2) is 5.29. The van der Waals surface area contributed by atoms with Crippen LogP contribution in [0.1, 0.15) is 5.56 Å². The molecule has 0 unspecified atom stereocenters. The van der Waals surface area contributed by atoms with Gasteiger partial charge in [0.25, 0.3) is 0 Å². The molecular formula is C17H10ClF2N3O2. The number of rotatable bonds is 1. The molecule has 4 rings (SSSR count). The zero-order valence-corrected chi connectivity index (χ0v) is 13.5. The third kappa shape index (κ3) is 2.12.